The lowest BCUT2D eigenvalue weighted by atomic mass is 10.0. The molecule has 1 saturated heterocycles. The number of phenolic OH excluding ortho intramolecular Hbond substituents is 2. The first kappa shape index (κ1) is 20.2. The summed E-state index contributed by atoms with van der Waals surface area (Å²) >= 11 is 0. The van der Waals surface area contributed by atoms with Gasteiger partial charge in [0, 0.05) is 48.9 Å². The van der Waals surface area contributed by atoms with E-state index in [1.807, 2.05) is 0 Å². The number of nitrogens with zero attached hydrogens (tertiary/aromatic N) is 1. The predicted molar refractivity (Wildman–Crippen MR) is 107 cm³/mol. The number of amides is 3. The summed E-state index contributed by atoms with van der Waals surface area (Å²) in [5, 5.41) is 24.7. The molecule has 0 radical (unpaired) electrons. The number of aromatic hydroxyl groups is 2. The highest BCUT2D eigenvalue weighted by Gasteiger charge is 2.25. The number of likely N-dealkylation sites (tertiary alicyclic amines) is 1. The SMILES string of the molecule is CC(=O)Nc1cccc(C(=O)NC2CCN(C(=O)c3cc(O)cc(O)c3)CC2)c1. The fourth-order valence-electron chi connectivity index (χ4n) is 3.34. The maximum absolute atomic E-state index is 12.6. The number of phenols is 2. The number of carbonyl (C=O) groups is 3. The minimum atomic E-state index is -0.274. The van der Waals surface area contributed by atoms with E-state index in [4.69, 9.17) is 0 Å². The van der Waals surface area contributed by atoms with Gasteiger partial charge in [0.1, 0.15) is 11.5 Å². The van der Waals surface area contributed by atoms with Crippen LogP contribution in [0.1, 0.15) is 40.5 Å². The highest BCUT2D eigenvalue weighted by molar-refractivity contribution is 5.97. The van der Waals surface area contributed by atoms with Crippen LogP contribution in [0.3, 0.4) is 0 Å². The molecule has 1 fully saturated rings. The van der Waals surface area contributed by atoms with E-state index in [1.165, 1.54) is 25.1 Å². The van der Waals surface area contributed by atoms with E-state index in [1.54, 1.807) is 29.2 Å². The molecular weight excluding hydrogens is 374 g/mol. The summed E-state index contributed by atoms with van der Waals surface area (Å²) in [5.41, 5.74) is 1.23. The first-order valence-electron chi connectivity index (χ1n) is 9.32. The van der Waals surface area contributed by atoms with Crippen molar-refractivity contribution < 1.29 is 24.6 Å². The summed E-state index contributed by atoms with van der Waals surface area (Å²) in [5.74, 6) is -1.06. The number of nitrogens with one attached hydrogen (secondary N) is 2. The van der Waals surface area contributed by atoms with Gasteiger partial charge in [-0.1, -0.05) is 6.07 Å². The van der Waals surface area contributed by atoms with Gasteiger partial charge < -0.3 is 25.7 Å². The molecule has 0 aliphatic carbocycles. The number of hydrogen-bond acceptors (Lipinski definition) is 5. The van der Waals surface area contributed by atoms with Crippen LogP contribution in [-0.2, 0) is 4.79 Å². The van der Waals surface area contributed by atoms with Crippen LogP contribution in [0.25, 0.3) is 0 Å². The van der Waals surface area contributed by atoms with Crippen molar-refractivity contribution >= 4 is 23.4 Å². The summed E-state index contributed by atoms with van der Waals surface area (Å²) in [6, 6.07) is 10.4. The number of carbonyl (C=O) groups excluding carboxylic acids is 3. The Morgan fingerprint density at radius 1 is 0.966 bits per heavy atom. The van der Waals surface area contributed by atoms with Gasteiger partial charge in [-0.3, -0.25) is 14.4 Å². The lowest BCUT2D eigenvalue weighted by Crippen LogP contribution is -2.46. The van der Waals surface area contributed by atoms with E-state index in [-0.39, 0.29) is 40.8 Å². The molecule has 1 aliphatic heterocycles. The Bertz CT molecular complexity index is 915. The summed E-state index contributed by atoms with van der Waals surface area (Å²) in [6.45, 7) is 2.30. The zero-order chi connectivity index (χ0) is 21.0. The van der Waals surface area contributed by atoms with Crippen molar-refractivity contribution in [3.05, 3.63) is 53.6 Å². The van der Waals surface area contributed by atoms with Crippen molar-refractivity contribution in [2.24, 2.45) is 0 Å². The molecule has 3 amide bonds. The van der Waals surface area contributed by atoms with E-state index in [0.29, 0.717) is 37.2 Å². The topological polar surface area (TPSA) is 119 Å². The minimum absolute atomic E-state index is 0.0754. The molecule has 8 nitrogen and oxygen atoms in total. The molecule has 1 heterocycles. The summed E-state index contributed by atoms with van der Waals surface area (Å²) < 4.78 is 0. The third kappa shape index (κ3) is 5.25. The number of rotatable bonds is 4. The number of hydrogen-bond donors (Lipinski definition) is 4. The Hall–Kier alpha value is -3.55. The van der Waals surface area contributed by atoms with Crippen molar-refractivity contribution in [3.63, 3.8) is 0 Å². The molecule has 8 heteroatoms. The van der Waals surface area contributed by atoms with Gasteiger partial charge in [0.05, 0.1) is 0 Å². The van der Waals surface area contributed by atoms with Gasteiger partial charge in [0.2, 0.25) is 5.91 Å². The molecule has 3 rings (SSSR count). The second-order valence-corrected chi connectivity index (χ2v) is 7.04. The fourth-order valence-corrected chi connectivity index (χ4v) is 3.34. The van der Waals surface area contributed by atoms with Crippen molar-refractivity contribution in [1.82, 2.24) is 10.2 Å². The highest BCUT2D eigenvalue weighted by atomic mass is 16.3. The maximum atomic E-state index is 12.6. The van der Waals surface area contributed by atoms with Crippen LogP contribution in [0.4, 0.5) is 5.69 Å². The third-order valence-corrected chi connectivity index (χ3v) is 4.71. The molecule has 2 aromatic carbocycles. The monoisotopic (exact) mass is 397 g/mol. The molecule has 152 valence electrons. The first-order chi connectivity index (χ1) is 13.8. The molecular formula is C21H23N3O5. The largest absolute Gasteiger partial charge is 0.508 e. The van der Waals surface area contributed by atoms with E-state index in [2.05, 4.69) is 10.6 Å². The number of anilines is 1. The van der Waals surface area contributed by atoms with Crippen LogP contribution < -0.4 is 10.6 Å². The smallest absolute Gasteiger partial charge is 0.254 e. The van der Waals surface area contributed by atoms with Gasteiger partial charge in [-0.25, -0.2) is 0 Å². The van der Waals surface area contributed by atoms with Crippen molar-refractivity contribution in [2.75, 3.05) is 18.4 Å². The van der Waals surface area contributed by atoms with Crippen LogP contribution in [0.2, 0.25) is 0 Å². The predicted octanol–water partition coefficient (Wildman–Crippen LogP) is 2.09. The highest BCUT2D eigenvalue weighted by Crippen LogP contribution is 2.23. The number of benzene rings is 2. The van der Waals surface area contributed by atoms with Gasteiger partial charge >= 0.3 is 0 Å². The van der Waals surface area contributed by atoms with Crippen LogP contribution in [0, 0.1) is 0 Å². The Morgan fingerprint density at radius 2 is 1.62 bits per heavy atom. The Labute approximate surface area is 168 Å². The van der Waals surface area contributed by atoms with E-state index < -0.39 is 0 Å². The number of piperidine rings is 1. The maximum Gasteiger partial charge on any atom is 0.254 e. The molecule has 0 spiro atoms. The summed E-state index contributed by atoms with van der Waals surface area (Å²) in [4.78, 5) is 37.9. The molecule has 1 aliphatic rings. The van der Waals surface area contributed by atoms with E-state index in [9.17, 15) is 24.6 Å². The van der Waals surface area contributed by atoms with Gasteiger partial charge in [-0.15, -0.1) is 0 Å². The zero-order valence-electron chi connectivity index (χ0n) is 16.0. The lowest BCUT2D eigenvalue weighted by molar-refractivity contribution is -0.114. The van der Waals surface area contributed by atoms with Crippen LogP contribution in [0.15, 0.2) is 42.5 Å². The van der Waals surface area contributed by atoms with Crippen LogP contribution in [-0.4, -0.2) is 52.0 Å². The average molecular weight is 397 g/mol. The van der Waals surface area contributed by atoms with Crippen molar-refractivity contribution in [3.8, 4) is 11.5 Å². The Morgan fingerprint density at radius 3 is 2.24 bits per heavy atom. The molecule has 2 aromatic rings. The van der Waals surface area contributed by atoms with Gasteiger partial charge in [0.25, 0.3) is 11.8 Å². The second-order valence-electron chi connectivity index (χ2n) is 7.04. The molecule has 0 unspecified atom stereocenters. The van der Waals surface area contributed by atoms with Crippen molar-refractivity contribution in [2.45, 2.75) is 25.8 Å². The Kier molecular flexibility index (Phi) is 6.01. The Balaban J connectivity index is 1.56. The lowest BCUT2D eigenvalue weighted by Gasteiger charge is -2.32. The van der Waals surface area contributed by atoms with Crippen LogP contribution in [0.5, 0.6) is 11.5 Å². The standard InChI is InChI=1S/C21H23N3O5/c1-13(25)22-17-4-2-3-14(9-17)20(28)23-16-5-7-24(8-6-16)21(29)15-10-18(26)12-19(27)11-15/h2-4,9-12,16,26-27H,5-8H2,1H3,(H,22,25)(H,23,28). The molecule has 0 saturated carbocycles. The first-order valence-corrected chi connectivity index (χ1v) is 9.32. The molecule has 0 bridgehead atoms. The molecule has 4 N–H and O–H groups in total. The fraction of sp³-hybridized carbons (Fsp3) is 0.286. The zero-order valence-corrected chi connectivity index (χ0v) is 16.0. The molecule has 0 atom stereocenters. The second kappa shape index (κ2) is 8.64. The van der Waals surface area contributed by atoms with Crippen LogP contribution >= 0.6 is 0 Å². The quantitative estimate of drug-likeness (QED) is 0.630. The van der Waals surface area contributed by atoms with Crippen molar-refractivity contribution in [1.29, 1.82) is 0 Å². The average Bonchev–Trinajstić information content (AvgIpc) is 2.67. The van der Waals surface area contributed by atoms with Gasteiger partial charge in [-0.05, 0) is 43.2 Å². The van der Waals surface area contributed by atoms with E-state index >= 15 is 0 Å². The van der Waals surface area contributed by atoms with Gasteiger partial charge in [0.15, 0.2) is 0 Å². The molecule has 0 aromatic heterocycles. The third-order valence-electron chi connectivity index (χ3n) is 4.71. The van der Waals surface area contributed by atoms with Gasteiger partial charge in [-0.2, -0.15) is 0 Å². The summed E-state index contributed by atoms with van der Waals surface area (Å²) in [7, 11) is 0. The minimum Gasteiger partial charge on any atom is -0.508 e. The van der Waals surface area contributed by atoms with E-state index in [0.717, 1.165) is 0 Å². The normalized spacial score (nSPS) is 14.3. The summed E-state index contributed by atoms with van der Waals surface area (Å²) in [6.07, 6.45) is 1.18. The molecule has 29 heavy (non-hydrogen) atoms.